The summed E-state index contributed by atoms with van der Waals surface area (Å²) >= 11 is 0. The summed E-state index contributed by atoms with van der Waals surface area (Å²) in [6.07, 6.45) is -15.2. The molecule has 0 bridgehead atoms. The van der Waals surface area contributed by atoms with Gasteiger partial charge in [0, 0.05) is 7.11 Å². The molecule has 0 amide bonds. The molecule has 13 unspecified atom stereocenters. The Morgan fingerprint density at radius 2 is 0.344 bits per heavy atom. The van der Waals surface area contributed by atoms with Crippen LogP contribution < -0.4 is 0 Å². The highest BCUT2D eigenvalue weighted by molar-refractivity contribution is 5.63. The van der Waals surface area contributed by atoms with Gasteiger partial charge in [-0.05, 0) is 90.0 Å². The van der Waals surface area contributed by atoms with E-state index in [0.717, 1.165) is 0 Å². The van der Waals surface area contributed by atoms with Crippen molar-refractivity contribution >= 4 is 61.6 Å². The second-order valence-corrected chi connectivity index (χ2v) is 25.3. The van der Waals surface area contributed by atoms with E-state index in [1.165, 1.54) is 41.7 Å². The maximum absolute atomic E-state index is 11.2. The molecule has 9 N–H and O–H groups in total. The van der Waals surface area contributed by atoms with E-state index in [2.05, 4.69) is 52.1 Å². The van der Waals surface area contributed by atoms with Gasteiger partial charge >= 0.3 is 61.6 Å². The molecule has 0 aromatic heterocycles. The second-order valence-electron chi connectivity index (χ2n) is 25.3. The fourth-order valence-corrected chi connectivity index (χ4v) is 6.69. The number of carbonyl (C=O) groups excluding carboxylic acids is 10. The van der Waals surface area contributed by atoms with Crippen molar-refractivity contribution in [2.75, 3.05) is 252 Å². The SMILES string of the molecule is CC.CC.CC(COCCOC(=O)OCCO)OCCOC(=O)OCCO.CC(COCCOCC(C)OC(=O)OCCO)OC(=O)OCCO.CC(O)COC(=O)OC(C)COCCOCC(C)OC(=O)OCC(C)O.CC(O)COC(=O)OCCOCC(C)OCCOC(=O)OCC(C)O.COC(C)COC(=O)OCCOC(C)COCCOC(=O)OCC(C)O. The summed E-state index contributed by atoms with van der Waals surface area (Å²) in [6, 6.07) is 0. The zero-order valence-electron chi connectivity index (χ0n) is 77.4. The third-order valence-corrected chi connectivity index (χ3v) is 12.2. The van der Waals surface area contributed by atoms with E-state index in [-0.39, 0.29) is 269 Å². The predicted octanol–water partition coefficient (Wildman–Crippen LogP) is 4.31. The molecule has 0 aliphatic carbocycles. The topological polar surface area (TPSA) is 639 Å². The summed E-state index contributed by atoms with van der Waals surface area (Å²) in [4.78, 5) is 111. The lowest BCUT2D eigenvalue weighted by atomic mass is 10.4. The average molecular weight is 1890 g/mol. The van der Waals surface area contributed by atoms with E-state index in [9.17, 15) is 47.9 Å². The Morgan fingerprint density at radius 3 is 0.547 bits per heavy atom. The van der Waals surface area contributed by atoms with E-state index >= 15 is 0 Å². The first kappa shape index (κ1) is 133. The van der Waals surface area contributed by atoms with Gasteiger partial charge in [0.1, 0.15) is 130 Å². The van der Waals surface area contributed by atoms with E-state index in [1.54, 1.807) is 55.4 Å². The number of aliphatic hydroxyl groups excluding tert-OH is 9. The van der Waals surface area contributed by atoms with Crippen molar-refractivity contribution in [3.05, 3.63) is 0 Å². The molecule has 762 valence electrons. The lowest BCUT2D eigenvalue weighted by Crippen LogP contribution is -2.25. The third-order valence-electron chi connectivity index (χ3n) is 12.2. The van der Waals surface area contributed by atoms with Crippen LogP contribution >= 0.6 is 0 Å². The molecule has 0 heterocycles. The molecule has 50 heteroatoms. The minimum Gasteiger partial charge on any atom is -0.432 e. The molecule has 0 saturated heterocycles. The van der Waals surface area contributed by atoms with Gasteiger partial charge in [-0.25, -0.2) is 47.9 Å². The van der Waals surface area contributed by atoms with Gasteiger partial charge < -0.3 is 193 Å². The van der Waals surface area contributed by atoms with Crippen LogP contribution in [-0.2, 0) is 147 Å². The highest BCUT2D eigenvalue weighted by atomic mass is 16.8. The first-order valence-corrected chi connectivity index (χ1v) is 41.3. The minimum absolute atomic E-state index is 0.0151. The van der Waals surface area contributed by atoms with Crippen molar-refractivity contribution < 1.29 is 241 Å². The number of aliphatic hydroxyl groups is 9. The van der Waals surface area contributed by atoms with Crippen molar-refractivity contribution in [2.24, 2.45) is 0 Å². The molecule has 0 aromatic carbocycles. The Balaban J connectivity index is -0.000000283. The van der Waals surface area contributed by atoms with Gasteiger partial charge in [0.25, 0.3) is 0 Å². The summed E-state index contributed by atoms with van der Waals surface area (Å²) in [6.45, 7) is 30.8. The van der Waals surface area contributed by atoms with Crippen LogP contribution in [0.4, 0.5) is 47.9 Å². The Bertz CT molecular complexity index is 2470. The second kappa shape index (κ2) is 99.5. The summed E-state index contributed by atoms with van der Waals surface area (Å²) in [5, 5.41) is 78.6. The van der Waals surface area contributed by atoms with Crippen molar-refractivity contribution in [1.29, 1.82) is 0 Å². The quantitative estimate of drug-likeness (QED) is 0.0233. The van der Waals surface area contributed by atoms with Gasteiger partial charge in [-0.15, -0.1) is 0 Å². The summed E-state index contributed by atoms with van der Waals surface area (Å²) in [5.74, 6) is 0. The molecule has 13 atom stereocenters. The van der Waals surface area contributed by atoms with Crippen molar-refractivity contribution in [2.45, 2.75) is 197 Å². The van der Waals surface area contributed by atoms with Gasteiger partial charge in [-0.2, -0.15) is 0 Å². The van der Waals surface area contributed by atoms with Crippen LogP contribution in [0.15, 0.2) is 0 Å². The lowest BCUT2D eigenvalue weighted by Gasteiger charge is -2.15. The summed E-state index contributed by atoms with van der Waals surface area (Å²) in [7, 11) is 1.52. The van der Waals surface area contributed by atoms with Crippen LogP contribution in [0.25, 0.3) is 0 Å². The van der Waals surface area contributed by atoms with E-state index in [4.69, 9.17) is 141 Å². The van der Waals surface area contributed by atoms with Gasteiger partial charge in [0.05, 0.1) is 194 Å². The first-order chi connectivity index (χ1) is 60.9. The normalized spacial score (nSPS) is 13.4. The fourth-order valence-electron chi connectivity index (χ4n) is 6.69. The van der Waals surface area contributed by atoms with Gasteiger partial charge in [0.15, 0.2) is 0 Å². The van der Waals surface area contributed by atoms with Crippen LogP contribution in [-0.4, -0.2) is 438 Å². The Labute approximate surface area is 748 Å². The number of ether oxygens (including phenoxy) is 31. The lowest BCUT2D eigenvalue weighted by molar-refractivity contribution is -0.0443. The molecular weight excluding hydrogens is 1740 g/mol. The van der Waals surface area contributed by atoms with E-state index in [0.29, 0.717) is 0 Å². The van der Waals surface area contributed by atoms with Crippen molar-refractivity contribution in [1.82, 2.24) is 0 Å². The molecule has 0 aliphatic heterocycles. The molecule has 0 rings (SSSR count). The van der Waals surface area contributed by atoms with Crippen LogP contribution in [0.1, 0.15) is 118 Å². The molecule has 0 spiro atoms. The van der Waals surface area contributed by atoms with Crippen LogP contribution in [0.2, 0.25) is 0 Å². The molecule has 0 radical (unpaired) electrons. The molecule has 0 fully saturated rings. The number of hydrogen-bond donors (Lipinski definition) is 9. The number of hydrogen-bond acceptors (Lipinski definition) is 50. The van der Waals surface area contributed by atoms with Crippen LogP contribution in [0.5, 0.6) is 0 Å². The zero-order chi connectivity index (χ0) is 98.4. The zero-order valence-corrected chi connectivity index (χ0v) is 77.4. The monoisotopic (exact) mass is 1890 g/mol. The summed E-state index contributed by atoms with van der Waals surface area (Å²) in [5.41, 5.74) is 0. The van der Waals surface area contributed by atoms with Crippen LogP contribution in [0.3, 0.4) is 0 Å². The van der Waals surface area contributed by atoms with E-state index in [1.807, 2.05) is 27.7 Å². The van der Waals surface area contributed by atoms with E-state index < -0.39 is 116 Å². The highest BCUT2D eigenvalue weighted by Gasteiger charge is 2.19. The summed E-state index contributed by atoms with van der Waals surface area (Å²) < 4.78 is 151. The molecule has 0 saturated carbocycles. The Hall–Kier alpha value is -8.10. The average Bonchev–Trinajstić information content (AvgIpc) is 1.03. The van der Waals surface area contributed by atoms with Gasteiger partial charge in [0.2, 0.25) is 0 Å². The Kier molecular flexibility index (Phi) is 103. The molecule has 0 aliphatic rings. The van der Waals surface area contributed by atoms with Gasteiger partial charge in [-0.3, -0.25) is 0 Å². The minimum atomic E-state index is -0.869. The largest absolute Gasteiger partial charge is 0.508 e. The first-order valence-electron chi connectivity index (χ1n) is 41.3. The Morgan fingerprint density at radius 1 is 0.188 bits per heavy atom. The molecule has 50 nitrogen and oxygen atoms in total. The standard InChI is InChI=1S/2C16H30O10.C15H28O10.C14H26O10.C13H24O10.2C2H6/c1-11(17)7-23-15(19)25-13(3)9-21-5-6-22-10-14(4)26-16(20)24-8-12(2)18;1-12(17)9-25-15(18)23-6-5-21-10-14(3)22-7-8-24-16(19)26-11-13(2)20-4;1-11(16)8-24-14(18)22-5-4-20-10-13(3)21-6-7-23-15(19)25-9-12(2)17;1-11(23-13(17)21-5-3-15)9-19-7-8-20-10-12(2)24-14(18)22-6-4-16;1-11(19-8-9-23-13(17)21-5-3-15)10-18-6-7-22-12(16)20-4-2-14;2*1-2/h11-14,17-18H,5-10H2,1-4H3;12-14,17H,5-11H2,1-4H3;11-13,16-17H,4-10H2,1-3H3;11-12,15-16H,3-10H2,1-2H3;11,14-15H,2-10H2,1H3;2*1-2H3. The van der Waals surface area contributed by atoms with Crippen molar-refractivity contribution in [3.63, 3.8) is 0 Å². The maximum Gasteiger partial charge on any atom is 0.508 e. The van der Waals surface area contributed by atoms with Crippen molar-refractivity contribution in [3.8, 4) is 0 Å². The van der Waals surface area contributed by atoms with Crippen LogP contribution in [0, 0.1) is 0 Å². The predicted molar refractivity (Wildman–Crippen MR) is 439 cm³/mol. The molecule has 0 aromatic rings. The molecular formula is C78H150O50. The highest BCUT2D eigenvalue weighted by Crippen LogP contribution is 2.05. The van der Waals surface area contributed by atoms with Gasteiger partial charge in [-0.1, -0.05) is 27.7 Å². The number of methoxy groups -OCH3 is 1. The number of rotatable bonds is 66. The maximum atomic E-state index is 11.2. The fraction of sp³-hybridized carbons (Fsp3) is 0.872. The smallest absolute Gasteiger partial charge is 0.432 e. The third kappa shape index (κ3) is 114. The number of carbonyl (C=O) groups is 10. The molecule has 128 heavy (non-hydrogen) atoms.